The van der Waals surface area contributed by atoms with Gasteiger partial charge in [0.25, 0.3) is 0 Å². The van der Waals surface area contributed by atoms with Gasteiger partial charge in [0.05, 0.1) is 31.3 Å². The molecule has 1 fully saturated rings. The van der Waals surface area contributed by atoms with E-state index < -0.39 is 6.10 Å². The summed E-state index contributed by atoms with van der Waals surface area (Å²) in [7, 11) is 0. The Labute approximate surface area is 126 Å². The Morgan fingerprint density at radius 1 is 1.38 bits per heavy atom. The van der Waals surface area contributed by atoms with Gasteiger partial charge in [0, 0.05) is 6.54 Å². The maximum absolute atomic E-state index is 12.6. The van der Waals surface area contributed by atoms with E-state index in [1.54, 1.807) is 0 Å². The molecule has 3 unspecified atom stereocenters. The van der Waals surface area contributed by atoms with Crippen LogP contribution in [0.15, 0.2) is 30.3 Å². The lowest BCUT2D eigenvalue weighted by Crippen LogP contribution is -2.47. The molecule has 1 amide bonds. The number of aliphatic hydroxyl groups is 1. The second kappa shape index (κ2) is 7.05. The standard InChI is InChI=1S/C17H25NO3/c1-12(2)16(19)9-17(20)18-10-13(3)21-11-15(18)14-7-5-4-6-8-14/h4-8,12-13,15-16,19H,9-11H2,1-3H3. The lowest BCUT2D eigenvalue weighted by atomic mass is 10.00. The van der Waals surface area contributed by atoms with E-state index in [1.165, 1.54) is 0 Å². The highest BCUT2D eigenvalue weighted by atomic mass is 16.5. The summed E-state index contributed by atoms with van der Waals surface area (Å²) in [4.78, 5) is 14.4. The lowest BCUT2D eigenvalue weighted by Gasteiger charge is -2.39. The number of ether oxygens (including phenoxy) is 1. The molecule has 21 heavy (non-hydrogen) atoms. The van der Waals surface area contributed by atoms with Crippen molar-refractivity contribution in [2.75, 3.05) is 13.2 Å². The molecule has 4 heteroatoms. The van der Waals surface area contributed by atoms with Gasteiger partial charge in [-0.15, -0.1) is 0 Å². The molecule has 0 spiro atoms. The zero-order chi connectivity index (χ0) is 15.4. The van der Waals surface area contributed by atoms with Gasteiger partial charge in [0.2, 0.25) is 5.91 Å². The molecule has 1 aromatic rings. The van der Waals surface area contributed by atoms with Crippen molar-refractivity contribution in [2.45, 2.75) is 45.4 Å². The second-order valence-electron chi connectivity index (χ2n) is 6.13. The summed E-state index contributed by atoms with van der Waals surface area (Å²) in [6, 6.07) is 9.88. The van der Waals surface area contributed by atoms with Gasteiger partial charge in [-0.25, -0.2) is 0 Å². The number of nitrogens with zero attached hydrogens (tertiary/aromatic N) is 1. The summed E-state index contributed by atoms with van der Waals surface area (Å²) in [6.45, 7) is 6.90. The number of carbonyl (C=O) groups is 1. The first-order valence-corrected chi connectivity index (χ1v) is 7.63. The third kappa shape index (κ3) is 4.05. The zero-order valence-corrected chi connectivity index (χ0v) is 13.0. The first-order valence-electron chi connectivity index (χ1n) is 7.63. The summed E-state index contributed by atoms with van der Waals surface area (Å²) in [5, 5.41) is 9.97. The van der Waals surface area contributed by atoms with Gasteiger partial charge in [-0.3, -0.25) is 4.79 Å². The minimum atomic E-state index is -0.591. The first kappa shape index (κ1) is 16.0. The van der Waals surface area contributed by atoms with Gasteiger partial charge in [-0.1, -0.05) is 44.2 Å². The average Bonchev–Trinajstić information content (AvgIpc) is 2.47. The number of rotatable bonds is 4. The molecule has 1 aliphatic heterocycles. The molecule has 1 N–H and O–H groups in total. The van der Waals surface area contributed by atoms with Crippen LogP contribution in [0.25, 0.3) is 0 Å². The number of aliphatic hydroxyl groups excluding tert-OH is 1. The number of morpholine rings is 1. The second-order valence-corrected chi connectivity index (χ2v) is 6.13. The fourth-order valence-electron chi connectivity index (χ4n) is 2.56. The van der Waals surface area contributed by atoms with Crippen LogP contribution in [0.1, 0.15) is 38.8 Å². The highest BCUT2D eigenvalue weighted by Gasteiger charge is 2.32. The number of hydrogen-bond acceptors (Lipinski definition) is 3. The molecule has 0 aliphatic carbocycles. The van der Waals surface area contributed by atoms with E-state index >= 15 is 0 Å². The lowest BCUT2D eigenvalue weighted by molar-refractivity contribution is -0.147. The number of hydrogen-bond donors (Lipinski definition) is 1. The normalized spacial score (nSPS) is 24.1. The summed E-state index contributed by atoms with van der Waals surface area (Å²) in [5.74, 6) is 0.0859. The monoisotopic (exact) mass is 291 g/mol. The van der Waals surface area contributed by atoms with Crippen molar-refractivity contribution in [3.8, 4) is 0 Å². The number of benzene rings is 1. The Morgan fingerprint density at radius 3 is 2.67 bits per heavy atom. The van der Waals surface area contributed by atoms with Crippen LogP contribution in [-0.2, 0) is 9.53 Å². The van der Waals surface area contributed by atoms with Crippen LogP contribution in [-0.4, -0.2) is 41.3 Å². The van der Waals surface area contributed by atoms with E-state index in [2.05, 4.69) is 0 Å². The van der Waals surface area contributed by atoms with Crippen LogP contribution in [0.4, 0.5) is 0 Å². The minimum Gasteiger partial charge on any atom is -0.392 e. The molecule has 0 saturated carbocycles. The predicted octanol–water partition coefficient (Wildman–Crippen LogP) is 2.38. The van der Waals surface area contributed by atoms with Crippen molar-refractivity contribution in [3.63, 3.8) is 0 Å². The van der Waals surface area contributed by atoms with E-state index in [9.17, 15) is 9.90 Å². The van der Waals surface area contributed by atoms with E-state index in [-0.39, 0.29) is 30.4 Å². The third-order valence-corrected chi connectivity index (χ3v) is 4.03. The molecule has 116 valence electrons. The first-order chi connectivity index (χ1) is 9.99. The maximum Gasteiger partial charge on any atom is 0.225 e. The van der Waals surface area contributed by atoms with Crippen LogP contribution >= 0.6 is 0 Å². The molecule has 0 bridgehead atoms. The van der Waals surface area contributed by atoms with Crippen LogP contribution in [0.3, 0.4) is 0 Å². The highest BCUT2D eigenvalue weighted by molar-refractivity contribution is 5.77. The summed E-state index contributed by atoms with van der Waals surface area (Å²) < 4.78 is 5.72. The van der Waals surface area contributed by atoms with Crippen molar-refractivity contribution in [2.24, 2.45) is 5.92 Å². The Bertz CT molecular complexity index is 460. The van der Waals surface area contributed by atoms with Gasteiger partial charge >= 0.3 is 0 Å². The summed E-state index contributed by atoms with van der Waals surface area (Å²) >= 11 is 0. The van der Waals surface area contributed by atoms with Gasteiger partial charge in [0.1, 0.15) is 0 Å². The van der Waals surface area contributed by atoms with Crippen molar-refractivity contribution < 1.29 is 14.6 Å². The topological polar surface area (TPSA) is 49.8 Å². The fourth-order valence-corrected chi connectivity index (χ4v) is 2.56. The highest BCUT2D eigenvalue weighted by Crippen LogP contribution is 2.27. The van der Waals surface area contributed by atoms with Crippen molar-refractivity contribution >= 4 is 5.91 Å². The van der Waals surface area contributed by atoms with Gasteiger partial charge in [0.15, 0.2) is 0 Å². The SMILES string of the molecule is CC1CN(C(=O)CC(O)C(C)C)C(c2ccccc2)CO1. The molecule has 0 aromatic heterocycles. The van der Waals surface area contributed by atoms with Crippen molar-refractivity contribution in [1.82, 2.24) is 4.90 Å². The molecule has 2 rings (SSSR count). The molecule has 1 heterocycles. The number of carbonyl (C=O) groups excluding carboxylic acids is 1. The van der Waals surface area contributed by atoms with E-state index in [0.717, 1.165) is 5.56 Å². The zero-order valence-electron chi connectivity index (χ0n) is 13.0. The summed E-state index contributed by atoms with van der Waals surface area (Å²) in [6.07, 6.45) is -0.384. The largest absolute Gasteiger partial charge is 0.392 e. The van der Waals surface area contributed by atoms with Crippen molar-refractivity contribution in [3.05, 3.63) is 35.9 Å². The molecule has 0 radical (unpaired) electrons. The minimum absolute atomic E-state index is 0.000188. The van der Waals surface area contributed by atoms with Gasteiger partial charge in [-0.2, -0.15) is 0 Å². The maximum atomic E-state index is 12.6. The molecule has 3 atom stereocenters. The van der Waals surface area contributed by atoms with Gasteiger partial charge < -0.3 is 14.7 Å². The molecule has 1 aromatic carbocycles. The van der Waals surface area contributed by atoms with Gasteiger partial charge in [-0.05, 0) is 18.4 Å². The van der Waals surface area contributed by atoms with E-state index in [4.69, 9.17) is 4.74 Å². The van der Waals surface area contributed by atoms with Crippen LogP contribution in [0, 0.1) is 5.92 Å². The van der Waals surface area contributed by atoms with Crippen LogP contribution in [0.2, 0.25) is 0 Å². The van der Waals surface area contributed by atoms with Crippen molar-refractivity contribution in [1.29, 1.82) is 0 Å². The Kier molecular flexibility index (Phi) is 5.37. The molecular formula is C17H25NO3. The van der Waals surface area contributed by atoms with Crippen LogP contribution < -0.4 is 0 Å². The smallest absolute Gasteiger partial charge is 0.225 e. The van der Waals surface area contributed by atoms with Crippen LogP contribution in [0.5, 0.6) is 0 Å². The Morgan fingerprint density at radius 2 is 2.05 bits per heavy atom. The Balaban J connectivity index is 2.14. The quantitative estimate of drug-likeness (QED) is 0.926. The average molecular weight is 291 g/mol. The molecular weight excluding hydrogens is 266 g/mol. The fraction of sp³-hybridized carbons (Fsp3) is 0.588. The third-order valence-electron chi connectivity index (χ3n) is 4.03. The summed E-state index contributed by atoms with van der Waals surface area (Å²) in [5.41, 5.74) is 1.08. The number of amides is 1. The molecule has 1 aliphatic rings. The predicted molar refractivity (Wildman–Crippen MR) is 81.8 cm³/mol. The van der Waals surface area contributed by atoms with E-state index in [0.29, 0.717) is 13.2 Å². The molecule has 4 nitrogen and oxygen atoms in total. The molecule has 1 saturated heterocycles. The Hall–Kier alpha value is -1.39. The van der Waals surface area contributed by atoms with E-state index in [1.807, 2.05) is 56.0 Å².